The fourth-order valence-electron chi connectivity index (χ4n) is 2.12. The molecule has 0 bridgehead atoms. The zero-order valence-electron chi connectivity index (χ0n) is 12.9. The van der Waals surface area contributed by atoms with Gasteiger partial charge in [-0.05, 0) is 12.8 Å². The zero-order chi connectivity index (χ0) is 15.6. The number of aliphatic carboxylic acids is 2. The maximum Gasteiger partial charge on any atom is 2.00 e. The zero-order valence-corrected chi connectivity index (χ0v) is 15.2. The molecule has 1 aliphatic carbocycles. The minimum atomic E-state index is -1.42. The van der Waals surface area contributed by atoms with Crippen molar-refractivity contribution in [2.24, 2.45) is 5.41 Å². The summed E-state index contributed by atoms with van der Waals surface area (Å²) in [5, 5.41) is 24.9. The van der Waals surface area contributed by atoms with Crippen LogP contribution in [0.2, 0.25) is 0 Å². The molecule has 3 fully saturated rings. The molecule has 6 nitrogen and oxygen atoms in total. The van der Waals surface area contributed by atoms with Crippen LogP contribution in [0.15, 0.2) is 0 Å². The van der Waals surface area contributed by atoms with Crippen molar-refractivity contribution in [3.05, 3.63) is 10.6 Å². The molecule has 0 aromatic carbocycles. The molecule has 2 N–H and O–H groups in total. The Morgan fingerprint density at radius 2 is 1.00 bits per heavy atom. The SMILES string of the molecule is C1CC[N-]CC1.C1CC[N-]CC1.O=C(O)C1(C(=O)O)CC1.[Pt+2]. The molecule has 1 saturated carbocycles. The second-order valence-electron chi connectivity index (χ2n) is 5.66. The quantitative estimate of drug-likeness (QED) is 0.578. The van der Waals surface area contributed by atoms with Crippen molar-refractivity contribution in [2.45, 2.75) is 51.4 Å². The van der Waals surface area contributed by atoms with Crippen LogP contribution in [0, 0.1) is 5.41 Å². The smallest absolute Gasteiger partial charge is 0.662 e. The fourth-order valence-corrected chi connectivity index (χ4v) is 2.12. The van der Waals surface area contributed by atoms with Gasteiger partial charge in [0.2, 0.25) is 0 Å². The summed E-state index contributed by atoms with van der Waals surface area (Å²) in [5.74, 6) is -2.43. The average molecular weight is 493 g/mol. The van der Waals surface area contributed by atoms with Crippen LogP contribution in [0.1, 0.15) is 51.4 Å². The van der Waals surface area contributed by atoms with Crippen molar-refractivity contribution >= 4 is 11.9 Å². The second kappa shape index (κ2) is 12.0. The van der Waals surface area contributed by atoms with E-state index >= 15 is 0 Å². The first-order valence-corrected chi connectivity index (χ1v) is 7.83. The van der Waals surface area contributed by atoms with E-state index in [1.165, 1.54) is 38.5 Å². The molecule has 3 aliphatic rings. The first kappa shape index (κ1) is 21.5. The van der Waals surface area contributed by atoms with Gasteiger partial charge in [-0.1, -0.05) is 38.5 Å². The molecule has 0 atom stereocenters. The summed E-state index contributed by atoms with van der Waals surface area (Å²) in [5.41, 5.74) is -1.42. The predicted molar refractivity (Wildman–Crippen MR) is 80.8 cm³/mol. The third kappa shape index (κ3) is 8.25. The molecule has 22 heavy (non-hydrogen) atoms. The summed E-state index contributed by atoms with van der Waals surface area (Å²) in [6.07, 6.45) is 8.70. The third-order valence-electron chi connectivity index (χ3n) is 3.83. The molecule has 2 heterocycles. The van der Waals surface area contributed by atoms with Gasteiger partial charge in [0.1, 0.15) is 0 Å². The number of piperidine rings is 2. The van der Waals surface area contributed by atoms with E-state index < -0.39 is 17.4 Å². The molecule has 2 aliphatic heterocycles. The van der Waals surface area contributed by atoms with Crippen molar-refractivity contribution in [1.82, 2.24) is 0 Å². The van der Waals surface area contributed by atoms with Crippen LogP contribution in [-0.4, -0.2) is 48.3 Å². The van der Waals surface area contributed by atoms with E-state index in [2.05, 4.69) is 10.6 Å². The predicted octanol–water partition coefficient (Wildman–Crippen LogP) is 3.02. The molecular formula is C15H26N2O4Pt. The normalized spacial score (nSPS) is 21.6. The number of nitrogens with zero attached hydrogens (tertiary/aromatic N) is 2. The number of hydrogen-bond acceptors (Lipinski definition) is 2. The monoisotopic (exact) mass is 493 g/mol. The van der Waals surface area contributed by atoms with Gasteiger partial charge in [0.05, 0.1) is 0 Å². The van der Waals surface area contributed by atoms with Crippen LogP contribution in [0.5, 0.6) is 0 Å². The Hall–Kier alpha value is -0.452. The molecule has 7 heteroatoms. The molecule has 0 unspecified atom stereocenters. The van der Waals surface area contributed by atoms with Crippen molar-refractivity contribution < 1.29 is 40.9 Å². The van der Waals surface area contributed by atoms with E-state index in [-0.39, 0.29) is 33.9 Å². The van der Waals surface area contributed by atoms with Gasteiger partial charge in [-0.3, -0.25) is 9.59 Å². The molecular weight excluding hydrogens is 467 g/mol. The van der Waals surface area contributed by atoms with Gasteiger partial charge in [-0.25, -0.2) is 0 Å². The van der Waals surface area contributed by atoms with Gasteiger partial charge in [0, 0.05) is 0 Å². The molecule has 0 radical (unpaired) electrons. The first-order chi connectivity index (χ1) is 10.1. The van der Waals surface area contributed by atoms with Gasteiger partial charge < -0.3 is 20.8 Å². The summed E-state index contributed by atoms with van der Waals surface area (Å²) < 4.78 is 0. The van der Waals surface area contributed by atoms with E-state index in [9.17, 15) is 9.59 Å². The second-order valence-corrected chi connectivity index (χ2v) is 5.66. The summed E-state index contributed by atoms with van der Waals surface area (Å²) in [4.78, 5) is 20.3. The van der Waals surface area contributed by atoms with E-state index in [1.54, 1.807) is 0 Å². The minimum Gasteiger partial charge on any atom is -0.662 e. The van der Waals surface area contributed by atoms with Crippen molar-refractivity contribution in [3.8, 4) is 0 Å². The summed E-state index contributed by atoms with van der Waals surface area (Å²) in [6, 6.07) is 0. The minimum absolute atomic E-state index is 0. The van der Waals surface area contributed by atoms with Crippen LogP contribution in [0.3, 0.4) is 0 Å². The number of carboxylic acids is 2. The molecule has 0 aromatic heterocycles. The summed E-state index contributed by atoms with van der Waals surface area (Å²) in [7, 11) is 0. The van der Waals surface area contributed by atoms with Crippen LogP contribution >= 0.6 is 0 Å². The van der Waals surface area contributed by atoms with Gasteiger partial charge in [0.25, 0.3) is 0 Å². The maximum absolute atomic E-state index is 10.1. The van der Waals surface area contributed by atoms with Crippen LogP contribution in [0.4, 0.5) is 0 Å². The van der Waals surface area contributed by atoms with Crippen molar-refractivity contribution in [3.63, 3.8) is 0 Å². The summed E-state index contributed by atoms with van der Waals surface area (Å²) >= 11 is 0. The maximum atomic E-state index is 10.1. The van der Waals surface area contributed by atoms with E-state index in [0.717, 1.165) is 26.2 Å². The summed E-state index contributed by atoms with van der Waals surface area (Å²) in [6.45, 7) is 4.50. The largest absolute Gasteiger partial charge is 2.00 e. The Morgan fingerprint density at radius 3 is 1.05 bits per heavy atom. The van der Waals surface area contributed by atoms with Gasteiger partial charge >= 0.3 is 33.0 Å². The molecule has 3 rings (SSSR count). The topological polar surface area (TPSA) is 103 Å². The average Bonchev–Trinajstić information content (AvgIpc) is 3.34. The fraction of sp³-hybridized carbons (Fsp3) is 0.867. The number of hydrogen-bond donors (Lipinski definition) is 2. The van der Waals surface area contributed by atoms with Crippen LogP contribution in [0.25, 0.3) is 10.6 Å². The molecule has 2 saturated heterocycles. The number of carboxylic acid groups (broad SMARTS) is 2. The van der Waals surface area contributed by atoms with Gasteiger partial charge in [0.15, 0.2) is 5.41 Å². The molecule has 0 amide bonds. The standard InChI is InChI=1S/2C5H10N.C5H6O4.Pt/c2*1-2-4-6-5-3-1;6-3(7)5(1-2-5)4(8)9;/h2*1-5H2;1-2H2,(H,6,7)(H,8,9);/q2*-1;;+2. The van der Waals surface area contributed by atoms with E-state index in [1.807, 2.05) is 0 Å². The Kier molecular flexibility index (Phi) is 11.8. The number of rotatable bonds is 2. The Labute approximate surface area is 146 Å². The van der Waals surface area contributed by atoms with Crippen LogP contribution < -0.4 is 0 Å². The molecule has 0 aromatic rings. The number of carbonyl (C=O) groups is 2. The Morgan fingerprint density at radius 1 is 0.682 bits per heavy atom. The van der Waals surface area contributed by atoms with Crippen molar-refractivity contribution in [1.29, 1.82) is 0 Å². The van der Waals surface area contributed by atoms with Crippen molar-refractivity contribution in [2.75, 3.05) is 26.2 Å². The first-order valence-electron chi connectivity index (χ1n) is 7.83. The van der Waals surface area contributed by atoms with Crippen LogP contribution in [-0.2, 0) is 30.7 Å². The third-order valence-corrected chi connectivity index (χ3v) is 3.83. The van der Waals surface area contributed by atoms with Gasteiger partial charge in [-0.2, -0.15) is 0 Å². The Bertz CT molecular complexity index is 276. The van der Waals surface area contributed by atoms with Gasteiger partial charge in [-0.15, -0.1) is 26.2 Å². The Balaban J connectivity index is 0.000000303. The molecule has 130 valence electrons. The van der Waals surface area contributed by atoms with E-state index in [4.69, 9.17) is 10.2 Å². The van der Waals surface area contributed by atoms with E-state index in [0.29, 0.717) is 0 Å². The molecule has 0 spiro atoms.